The first-order chi connectivity index (χ1) is 7.02. The number of hydrogen-bond donors (Lipinski definition) is 1. The van der Waals surface area contributed by atoms with Crippen molar-refractivity contribution >= 4 is 15.9 Å². The Hall–Kier alpha value is -0.340. The smallest absolute Gasteiger partial charge is 0.0305 e. The van der Waals surface area contributed by atoms with Crippen LogP contribution in [0.4, 0.5) is 0 Å². The van der Waals surface area contributed by atoms with Crippen LogP contribution in [0.5, 0.6) is 0 Å². The van der Waals surface area contributed by atoms with E-state index in [-0.39, 0.29) is 0 Å². The van der Waals surface area contributed by atoms with Crippen molar-refractivity contribution in [2.24, 2.45) is 5.92 Å². The quantitative estimate of drug-likeness (QED) is 0.866. The van der Waals surface area contributed by atoms with E-state index in [4.69, 9.17) is 0 Å². The Bertz CT molecular complexity index is 309. The maximum atomic E-state index is 3.61. The summed E-state index contributed by atoms with van der Waals surface area (Å²) in [5.41, 5.74) is 1.32. The molecule has 2 heteroatoms. The number of rotatable bonds is 4. The Balaban J connectivity index is 2.69. The SMILES string of the molecule is CC(C)[C@@H](C)N[C@H](C)c1ccccc1Br. The summed E-state index contributed by atoms with van der Waals surface area (Å²) in [7, 11) is 0. The highest BCUT2D eigenvalue weighted by Gasteiger charge is 2.13. The van der Waals surface area contributed by atoms with E-state index in [1.165, 1.54) is 10.0 Å². The van der Waals surface area contributed by atoms with E-state index >= 15 is 0 Å². The number of benzene rings is 1. The summed E-state index contributed by atoms with van der Waals surface area (Å²) in [6.45, 7) is 8.92. The van der Waals surface area contributed by atoms with Crippen LogP contribution in [-0.4, -0.2) is 6.04 Å². The molecular formula is C13H20BrN. The molecule has 0 saturated heterocycles. The van der Waals surface area contributed by atoms with Gasteiger partial charge in [0.05, 0.1) is 0 Å². The van der Waals surface area contributed by atoms with Gasteiger partial charge >= 0.3 is 0 Å². The van der Waals surface area contributed by atoms with Crippen molar-refractivity contribution < 1.29 is 0 Å². The van der Waals surface area contributed by atoms with Crippen LogP contribution in [0, 0.1) is 5.92 Å². The summed E-state index contributed by atoms with van der Waals surface area (Å²) in [5.74, 6) is 0.662. The minimum Gasteiger partial charge on any atom is -0.307 e. The monoisotopic (exact) mass is 269 g/mol. The normalized spacial score (nSPS) is 15.3. The van der Waals surface area contributed by atoms with E-state index < -0.39 is 0 Å². The zero-order valence-corrected chi connectivity index (χ0v) is 11.5. The Morgan fingerprint density at radius 1 is 1.07 bits per heavy atom. The van der Waals surface area contributed by atoms with Gasteiger partial charge < -0.3 is 5.32 Å². The fourth-order valence-electron chi connectivity index (χ4n) is 1.50. The summed E-state index contributed by atoms with van der Waals surface area (Å²) in [6, 6.07) is 9.30. The van der Waals surface area contributed by atoms with Crippen LogP contribution in [0.15, 0.2) is 28.7 Å². The van der Waals surface area contributed by atoms with Gasteiger partial charge in [-0.25, -0.2) is 0 Å². The molecule has 0 unspecified atom stereocenters. The molecule has 0 aliphatic carbocycles. The number of halogens is 1. The van der Waals surface area contributed by atoms with Crippen LogP contribution < -0.4 is 5.32 Å². The molecule has 0 fully saturated rings. The van der Waals surface area contributed by atoms with Crippen LogP contribution in [0.1, 0.15) is 39.3 Å². The van der Waals surface area contributed by atoms with E-state index in [1.54, 1.807) is 0 Å². The van der Waals surface area contributed by atoms with E-state index in [1.807, 2.05) is 6.07 Å². The Morgan fingerprint density at radius 2 is 1.67 bits per heavy atom. The third-order valence-corrected chi connectivity index (χ3v) is 3.61. The maximum absolute atomic E-state index is 3.61. The van der Waals surface area contributed by atoms with Gasteiger partial charge in [0.2, 0.25) is 0 Å². The highest BCUT2D eigenvalue weighted by molar-refractivity contribution is 9.10. The summed E-state index contributed by atoms with van der Waals surface area (Å²) >= 11 is 3.58. The molecule has 0 aliphatic rings. The molecular weight excluding hydrogens is 250 g/mol. The lowest BCUT2D eigenvalue weighted by molar-refractivity contribution is 0.388. The second-order valence-corrected chi connectivity index (χ2v) is 5.30. The van der Waals surface area contributed by atoms with Crippen molar-refractivity contribution in [3.63, 3.8) is 0 Å². The molecule has 0 bridgehead atoms. The summed E-state index contributed by atoms with van der Waals surface area (Å²) in [6.07, 6.45) is 0. The fourth-order valence-corrected chi connectivity index (χ4v) is 2.13. The van der Waals surface area contributed by atoms with Gasteiger partial charge in [-0.2, -0.15) is 0 Å². The molecule has 0 spiro atoms. The van der Waals surface area contributed by atoms with Crippen molar-refractivity contribution in [3.05, 3.63) is 34.3 Å². The number of nitrogens with one attached hydrogen (secondary N) is 1. The van der Waals surface area contributed by atoms with Crippen molar-refractivity contribution in [1.29, 1.82) is 0 Å². The molecule has 0 radical (unpaired) electrons. The molecule has 15 heavy (non-hydrogen) atoms. The highest BCUT2D eigenvalue weighted by atomic mass is 79.9. The average molecular weight is 270 g/mol. The predicted molar refractivity (Wildman–Crippen MR) is 70.0 cm³/mol. The first-order valence-electron chi connectivity index (χ1n) is 5.53. The molecule has 1 nitrogen and oxygen atoms in total. The van der Waals surface area contributed by atoms with Crippen LogP contribution in [0.2, 0.25) is 0 Å². The molecule has 0 saturated carbocycles. The summed E-state index contributed by atoms with van der Waals surface area (Å²) in [5, 5.41) is 3.61. The molecule has 1 rings (SSSR count). The first-order valence-corrected chi connectivity index (χ1v) is 6.32. The van der Waals surface area contributed by atoms with E-state index in [0.717, 1.165) is 0 Å². The maximum Gasteiger partial charge on any atom is 0.0305 e. The van der Waals surface area contributed by atoms with Crippen LogP contribution in [0.25, 0.3) is 0 Å². The van der Waals surface area contributed by atoms with E-state index in [9.17, 15) is 0 Å². The van der Waals surface area contributed by atoms with Crippen molar-refractivity contribution in [2.75, 3.05) is 0 Å². The number of hydrogen-bond acceptors (Lipinski definition) is 1. The zero-order chi connectivity index (χ0) is 11.4. The predicted octanol–water partition coefficient (Wildman–Crippen LogP) is 4.14. The minimum atomic E-state index is 0.387. The fraction of sp³-hybridized carbons (Fsp3) is 0.538. The first kappa shape index (κ1) is 12.7. The van der Waals surface area contributed by atoms with Gasteiger partial charge in [-0.1, -0.05) is 48.0 Å². The third kappa shape index (κ3) is 3.62. The lowest BCUT2D eigenvalue weighted by atomic mass is 10.0. The van der Waals surface area contributed by atoms with Gasteiger partial charge in [-0.15, -0.1) is 0 Å². The Kier molecular flexibility index (Phi) is 4.81. The second kappa shape index (κ2) is 5.66. The van der Waals surface area contributed by atoms with Gasteiger partial charge in [0.1, 0.15) is 0 Å². The molecule has 2 atom stereocenters. The second-order valence-electron chi connectivity index (χ2n) is 4.44. The molecule has 1 N–H and O–H groups in total. The minimum absolute atomic E-state index is 0.387. The van der Waals surface area contributed by atoms with Gasteiger partial charge in [-0.05, 0) is 31.4 Å². The van der Waals surface area contributed by atoms with Crippen LogP contribution in [0.3, 0.4) is 0 Å². The van der Waals surface area contributed by atoms with E-state index in [0.29, 0.717) is 18.0 Å². The molecule has 0 aromatic heterocycles. The summed E-state index contributed by atoms with van der Waals surface area (Å²) < 4.78 is 1.18. The Morgan fingerprint density at radius 3 is 2.20 bits per heavy atom. The molecule has 0 heterocycles. The highest BCUT2D eigenvalue weighted by Crippen LogP contribution is 2.23. The van der Waals surface area contributed by atoms with Gasteiger partial charge in [0, 0.05) is 16.6 Å². The molecule has 0 amide bonds. The molecule has 0 aliphatic heterocycles. The van der Waals surface area contributed by atoms with Gasteiger partial charge in [0.25, 0.3) is 0 Å². The molecule has 1 aromatic rings. The lowest BCUT2D eigenvalue weighted by Crippen LogP contribution is -2.33. The van der Waals surface area contributed by atoms with Crippen molar-refractivity contribution in [2.45, 2.75) is 39.8 Å². The molecule has 1 aromatic carbocycles. The average Bonchev–Trinajstić information content (AvgIpc) is 2.18. The topological polar surface area (TPSA) is 12.0 Å². The standard InChI is InChI=1S/C13H20BrN/c1-9(2)10(3)15-11(4)12-7-5-6-8-13(12)14/h5-11,15H,1-4H3/t10-,11-/m1/s1. The summed E-state index contributed by atoms with van der Waals surface area (Å²) in [4.78, 5) is 0. The van der Waals surface area contributed by atoms with E-state index in [2.05, 4.69) is 67.1 Å². The van der Waals surface area contributed by atoms with Gasteiger partial charge in [0.15, 0.2) is 0 Å². The van der Waals surface area contributed by atoms with Crippen molar-refractivity contribution in [1.82, 2.24) is 5.32 Å². The Labute approximate surface area is 101 Å². The third-order valence-electron chi connectivity index (χ3n) is 2.88. The molecule has 84 valence electrons. The zero-order valence-electron chi connectivity index (χ0n) is 9.92. The largest absolute Gasteiger partial charge is 0.307 e. The lowest BCUT2D eigenvalue weighted by Gasteiger charge is -2.23. The van der Waals surface area contributed by atoms with Crippen LogP contribution in [-0.2, 0) is 0 Å². The van der Waals surface area contributed by atoms with Crippen LogP contribution >= 0.6 is 15.9 Å². The van der Waals surface area contributed by atoms with Gasteiger partial charge in [-0.3, -0.25) is 0 Å². The van der Waals surface area contributed by atoms with Crippen molar-refractivity contribution in [3.8, 4) is 0 Å².